The first kappa shape index (κ1) is 21.2. The van der Waals surface area contributed by atoms with Crippen molar-refractivity contribution in [2.45, 2.75) is 64.0 Å². The number of nitrogens with zero attached hydrogens (tertiary/aromatic N) is 3. The molecule has 0 aliphatic carbocycles. The molecule has 2 unspecified atom stereocenters. The average molecular weight is 446 g/mol. The molecule has 2 bridgehead atoms. The first-order valence-corrected chi connectivity index (χ1v) is 12.0. The van der Waals surface area contributed by atoms with Crippen molar-refractivity contribution >= 4 is 28.3 Å². The number of ketones is 1. The molecule has 0 saturated carbocycles. The number of fused-ring (bicyclic) bond motifs is 3. The van der Waals surface area contributed by atoms with Crippen LogP contribution in [0.4, 0.5) is 0 Å². The molecule has 1 aromatic heterocycles. The molecule has 2 aliphatic rings. The van der Waals surface area contributed by atoms with Crippen molar-refractivity contribution in [1.82, 2.24) is 9.47 Å². The summed E-state index contributed by atoms with van der Waals surface area (Å²) in [6, 6.07) is 17.4. The van der Waals surface area contributed by atoms with Gasteiger partial charge in [-0.05, 0) is 74.9 Å². The summed E-state index contributed by atoms with van der Waals surface area (Å²) < 4.78 is 2.17. The number of carbonyl (C=O) groups is 1. The van der Waals surface area contributed by atoms with Gasteiger partial charge in [0.15, 0.2) is 5.78 Å². The molecule has 32 heavy (non-hydrogen) atoms. The summed E-state index contributed by atoms with van der Waals surface area (Å²) in [4.78, 5) is 16.2. The number of aryl methyl sites for hydroxylation is 1. The summed E-state index contributed by atoms with van der Waals surface area (Å²) in [7, 11) is 0. The van der Waals surface area contributed by atoms with Crippen LogP contribution in [0, 0.1) is 18.3 Å². The number of nitriles is 1. The third-order valence-corrected chi connectivity index (χ3v) is 7.58. The number of rotatable bonds is 6. The Bertz CT molecular complexity index is 1190. The lowest BCUT2D eigenvalue weighted by molar-refractivity contribution is 0.0828. The van der Waals surface area contributed by atoms with Gasteiger partial charge in [-0.1, -0.05) is 30.2 Å². The van der Waals surface area contributed by atoms with E-state index in [4.69, 9.17) is 16.9 Å². The molecular weight excluding hydrogens is 418 g/mol. The van der Waals surface area contributed by atoms with Crippen LogP contribution in [0.3, 0.4) is 0 Å². The van der Waals surface area contributed by atoms with E-state index >= 15 is 0 Å². The molecule has 164 valence electrons. The zero-order chi connectivity index (χ0) is 22.2. The van der Waals surface area contributed by atoms with E-state index in [0.717, 1.165) is 33.4 Å². The molecular formula is C27H28ClN3O. The highest BCUT2D eigenvalue weighted by molar-refractivity contribution is 6.30. The van der Waals surface area contributed by atoms with Crippen LogP contribution in [-0.2, 0) is 6.42 Å². The van der Waals surface area contributed by atoms with E-state index in [1.165, 1.54) is 32.1 Å². The molecule has 2 aliphatic heterocycles. The standard InChI is InChI=1S/C27H28ClN3O/c1-18-27(26(32)17-30-21-5-2-6-22(30)13-12-21)24-14-7-19(4-3-15-29)16-25(24)31(18)23-10-8-20(28)9-11-23/h7-11,14,16,21-22H,2-6,12-13,17H2,1H3. The van der Waals surface area contributed by atoms with Crippen LogP contribution in [0.25, 0.3) is 16.6 Å². The number of Topliss-reactive ketones (excluding diaryl/α,β-unsaturated/α-hetero) is 1. The number of carbonyl (C=O) groups excluding carboxylic acids is 1. The molecule has 3 aromatic rings. The Morgan fingerprint density at radius 3 is 2.50 bits per heavy atom. The maximum absolute atomic E-state index is 13.7. The predicted octanol–water partition coefficient (Wildman–Crippen LogP) is 6.25. The lowest BCUT2D eigenvalue weighted by atomic mass is 10.00. The summed E-state index contributed by atoms with van der Waals surface area (Å²) in [6.45, 7) is 2.55. The van der Waals surface area contributed by atoms with Gasteiger partial charge in [-0.25, -0.2) is 0 Å². The first-order chi connectivity index (χ1) is 15.6. The Balaban J connectivity index is 1.59. The molecule has 5 rings (SSSR count). The Morgan fingerprint density at radius 1 is 1.09 bits per heavy atom. The van der Waals surface area contributed by atoms with E-state index in [0.29, 0.717) is 36.5 Å². The summed E-state index contributed by atoms with van der Waals surface area (Å²) in [5, 5.41) is 10.7. The van der Waals surface area contributed by atoms with E-state index in [9.17, 15) is 4.79 Å². The largest absolute Gasteiger partial charge is 0.313 e. The highest BCUT2D eigenvalue weighted by Crippen LogP contribution is 2.37. The van der Waals surface area contributed by atoms with Crippen molar-refractivity contribution in [2.75, 3.05) is 6.54 Å². The second kappa shape index (κ2) is 8.73. The van der Waals surface area contributed by atoms with Crippen molar-refractivity contribution < 1.29 is 4.79 Å². The summed E-state index contributed by atoms with van der Waals surface area (Å²) in [5.41, 5.74) is 4.91. The summed E-state index contributed by atoms with van der Waals surface area (Å²) in [6.07, 6.45) is 7.38. The molecule has 3 heterocycles. The monoisotopic (exact) mass is 445 g/mol. The van der Waals surface area contributed by atoms with Crippen LogP contribution in [0.2, 0.25) is 5.02 Å². The van der Waals surface area contributed by atoms with Gasteiger partial charge >= 0.3 is 0 Å². The molecule has 0 radical (unpaired) electrons. The van der Waals surface area contributed by atoms with Gasteiger partial charge in [0.25, 0.3) is 0 Å². The smallest absolute Gasteiger partial charge is 0.179 e. The first-order valence-electron chi connectivity index (χ1n) is 11.6. The van der Waals surface area contributed by atoms with Gasteiger partial charge in [0, 0.05) is 45.9 Å². The molecule has 2 aromatic carbocycles. The van der Waals surface area contributed by atoms with Gasteiger partial charge in [0.05, 0.1) is 18.1 Å². The zero-order valence-electron chi connectivity index (χ0n) is 18.5. The SMILES string of the molecule is Cc1c(C(=O)CN2C3CCCC2CC3)c2ccc(CCC#N)cc2n1-c1ccc(Cl)cc1. The fourth-order valence-electron chi connectivity index (χ4n) is 5.82. The fourth-order valence-corrected chi connectivity index (χ4v) is 5.94. The lowest BCUT2D eigenvalue weighted by Crippen LogP contribution is -2.42. The van der Waals surface area contributed by atoms with Gasteiger partial charge in [-0.2, -0.15) is 5.26 Å². The fraction of sp³-hybridized carbons (Fsp3) is 0.407. The minimum absolute atomic E-state index is 0.212. The predicted molar refractivity (Wildman–Crippen MR) is 129 cm³/mol. The van der Waals surface area contributed by atoms with Crippen LogP contribution < -0.4 is 0 Å². The Hall–Kier alpha value is -2.61. The third kappa shape index (κ3) is 3.74. The lowest BCUT2D eigenvalue weighted by Gasteiger charge is -2.34. The number of hydrogen-bond acceptors (Lipinski definition) is 3. The van der Waals surface area contributed by atoms with Gasteiger partial charge in [0.2, 0.25) is 0 Å². The minimum atomic E-state index is 0.212. The Labute approximate surface area is 194 Å². The van der Waals surface area contributed by atoms with Crippen molar-refractivity contribution in [3.8, 4) is 11.8 Å². The van der Waals surface area contributed by atoms with Crippen LogP contribution in [-0.4, -0.2) is 33.9 Å². The molecule has 5 heteroatoms. The van der Waals surface area contributed by atoms with Crippen LogP contribution in [0.1, 0.15) is 60.1 Å². The second-order valence-corrected chi connectivity index (χ2v) is 9.63. The van der Waals surface area contributed by atoms with Crippen LogP contribution >= 0.6 is 11.6 Å². The normalized spacial score (nSPS) is 20.5. The molecule has 2 fully saturated rings. The number of benzene rings is 2. The molecule has 0 amide bonds. The quantitative estimate of drug-likeness (QED) is 0.421. The van der Waals surface area contributed by atoms with Crippen molar-refractivity contribution in [2.24, 2.45) is 0 Å². The highest BCUT2D eigenvalue weighted by Gasteiger charge is 2.38. The number of halogens is 1. The van der Waals surface area contributed by atoms with Crippen LogP contribution in [0.5, 0.6) is 0 Å². The Kier molecular flexibility index (Phi) is 5.80. The molecule has 4 nitrogen and oxygen atoms in total. The maximum Gasteiger partial charge on any atom is 0.179 e. The van der Waals surface area contributed by atoms with Gasteiger partial charge in [-0.15, -0.1) is 0 Å². The van der Waals surface area contributed by atoms with E-state index in [1.807, 2.05) is 31.2 Å². The van der Waals surface area contributed by atoms with Crippen molar-refractivity contribution in [3.05, 3.63) is 64.3 Å². The number of hydrogen-bond donors (Lipinski definition) is 0. The summed E-state index contributed by atoms with van der Waals surface area (Å²) in [5.74, 6) is 0.212. The van der Waals surface area contributed by atoms with Crippen molar-refractivity contribution in [3.63, 3.8) is 0 Å². The maximum atomic E-state index is 13.7. The van der Waals surface area contributed by atoms with Gasteiger partial charge in [-0.3, -0.25) is 9.69 Å². The topological polar surface area (TPSA) is 49.0 Å². The number of aromatic nitrogens is 1. The van der Waals surface area contributed by atoms with Crippen molar-refractivity contribution in [1.29, 1.82) is 5.26 Å². The van der Waals surface area contributed by atoms with Crippen LogP contribution in [0.15, 0.2) is 42.5 Å². The minimum Gasteiger partial charge on any atom is -0.313 e. The zero-order valence-corrected chi connectivity index (χ0v) is 19.2. The summed E-state index contributed by atoms with van der Waals surface area (Å²) >= 11 is 6.14. The third-order valence-electron chi connectivity index (χ3n) is 7.33. The second-order valence-electron chi connectivity index (χ2n) is 9.19. The van der Waals surface area contributed by atoms with Gasteiger partial charge < -0.3 is 4.57 Å². The molecule has 0 N–H and O–H groups in total. The van der Waals surface area contributed by atoms with E-state index in [2.05, 4.69) is 33.7 Å². The Morgan fingerprint density at radius 2 is 1.81 bits per heavy atom. The molecule has 2 saturated heterocycles. The van der Waals surface area contributed by atoms with E-state index in [-0.39, 0.29) is 5.78 Å². The molecule has 0 spiro atoms. The molecule has 2 atom stereocenters. The highest BCUT2D eigenvalue weighted by atomic mass is 35.5. The average Bonchev–Trinajstić information content (AvgIpc) is 3.18. The van der Waals surface area contributed by atoms with E-state index in [1.54, 1.807) is 0 Å². The number of piperidine rings is 1. The van der Waals surface area contributed by atoms with Gasteiger partial charge in [0.1, 0.15) is 0 Å². The van der Waals surface area contributed by atoms with E-state index < -0.39 is 0 Å².